The second-order valence-corrected chi connectivity index (χ2v) is 10.5. The van der Waals surface area contributed by atoms with E-state index in [1.54, 1.807) is 25.8 Å². The first-order valence-electron chi connectivity index (χ1n) is 13.4. The van der Waals surface area contributed by atoms with Crippen molar-refractivity contribution in [2.45, 2.75) is 45.0 Å². The number of nitrogens with one attached hydrogen (secondary N) is 3. The Bertz CT molecular complexity index is 1350. The number of ether oxygens (including phenoxy) is 1. The summed E-state index contributed by atoms with van der Waals surface area (Å²) in [6.45, 7) is 4.49. The van der Waals surface area contributed by atoms with Gasteiger partial charge in [0.25, 0.3) is 0 Å². The van der Waals surface area contributed by atoms with E-state index in [2.05, 4.69) is 22.0 Å². The van der Waals surface area contributed by atoms with E-state index >= 15 is 0 Å². The maximum absolute atomic E-state index is 13.6. The van der Waals surface area contributed by atoms with Crippen molar-refractivity contribution in [1.82, 2.24) is 15.5 Å². The number of nitrogens with zero attached hydrogens (tertiary/aromatic N) is 1. The zero-order valence-electron chi connectivity index (χ0n) is 23.2. The van der Waals surface area contributed by atoms with E-state index in [1.807, 2.05) is 66.7 Å². The van der Waals surface area contributed by atoms with Gasteiger partial charge in [-0.2, -0.15) is 0 Å². The smallest absolute Gasteiger partial charge is 0.318 e. The van der Waals surface area contributed by atoms with Crippen molar-refractivity contribution >= 4 is 23.5 Å². The van der Waals surface area contributed by atoms with Crippen LogP contribution in [0.5, 0.6) is 0 Å². The summed E-state index contributed by atoms with van der Waals surface area (Å²) in [5, 5.41) is 8.25. The summed E-state index contributed by atoms with van der Waals surface area (Å²) in [5.74, 6) is -0.624. The second kappa shape index (κ2) is 12.8. The molecule has 0 unspecified atom stereocenters. The molecular formula is C31H37N5O4. The molecule has 9 nitrogen and oxygen atoms in total. The van der Waals surface area contributed by atoms with E-state index in [0.717, 1.165) is 27.8 Å². The molecule has 5 N–H and O–H groups in total. The maximum Gasteiger partial charge on any atom is 0.318 e. The van der Waals surface area contributed by atoms with Crippen molar-refractivity contribution in [3.05, 3.63) is 89.5 Å². The molecule has 1 aliphatic rings. The molecule has 3 aromatic rings. The van der Waals surface area contributed by atoms with Crippen LogP contribution in [0.25, 0.3) is 11.1 Å². The summed E-state index contributed by atoms with van der Waals surface area (Å²) >= 11 is 0. The van der Waals surface area contributed by atoms with Crippen LogP contribution in [0, 0.1) is 0 Å². The van der Waals surface area contributed by atoms with Gasteiger partial charge in [0.05, 0.1) is 24.4 Å². The SMILES string of the molecule is CNC(=O)Nc1ccccc1-c1ccc2c(c1)CCN(C(=O)[C@@H](COCc1ccccc1)NC(=O)C(C)(C)N)C2. The summed E-state index contributed by atoms with van der Waals surface area (Å²) < 4.78 is 5.85. The Morgan fingerprint density at radius 2 is 1.73 bits per heavy atom. The molecule has 1 aliphatic heterocycles. The van der Waals surface area contributed by atoms with E-state index in [0.29, 0.717) is 31.8 Å². The van der Waals surface area contributed by atoms with Gasteiger partial charge >= 0.3 is 6.03 Å². The van der Waals surface area contributed by atoms with Gasteiger partial charge in [0, 0.05) is 25.7 Å². The molecule has 0 spiro atoms. The summed E-state index contributed by atoms with van der Waals surface area (Å²) in [4.78, 5) is 40.0. The number of benzene rings is 3. The third-order valence-electron chi connectivity index (χ3n) is 6.83. The molecule has 40 heavy (non-hydrogen) atoms. The predicted octanol–water partition coefficient (Wildman–Crippen LogP) is 3.43. The van der Waals surface area contributed by atoms with E-state index in [1.165, 1.54) is 0 Å². The molecule has 0 radical (unpaired) electrons. The van der Waals surface area contributed by atoms with Crippen LogP contribution < -0.4 is 21.7 Å². The minimum atomic E-state index is -1.13. The van der Waals surface area contributed by atoms with Gasteiger partial charge in [-0.05, 0) is 48.6 Å². The maximum atomic E-state index is 13.6. The van der Waals surface area contributed by atoms with Gasteiger partial charge in [0.15, 0.2) is 0 Å². The molecule has 3 aromatic carbocycles. The molecule has 0 bridgehead atoms. The van der Waals surface area contributed by atoms with Gasteiger partial charge < -0.3 is 31.3 Å². The quantitative estimate of drug-likeness (QED) is 0.329. The van der Waals surface area contributed by atoms with Crippen LogP contribution in [0.2, 0.25) is 0 Å². The van der Waals surface area contributed by atoms with E-state index in [4.69, 9.17) is 10.5 Å². The standard InChI is InChI=1S/C31H37N5O4/c1-31(2,32)29(38)34-27(20-40-19-21-9-5-4-6-10-21)28(37)36-16-15-22-17-23(13-14-24(22)18-36)25-11-7-8-12-26(25)35-30(39)33-3/h4-14,17,27H,15-16,18-20,32H2,1-3H3,(H,34,38)(H2,33,35,39)/t27-/m1/s1. The Balaban J connectivity index is 1.48. The molecule has 0 aromatic heterocycles. The highest BCUT2D eigenvalue weighted by Crippen LogP contribution is 2.31. The number of nitrogens with two attached hydrogens (primary N) is 1. The van der Waals surface area contributed by atoms with Crippen molar-refractivity contribution in [3.63, 3.8) is 0 Å². The lowest BCUT2D eigenvalue weighted by Gasteiger charge is -2.33. The highest BCUT2D eigenvalue weighted by molar-refractivity contribution is 5.94. The molecular weight excluding hydrogens is 506 g/mol. The van der Waals surface area contributed by atoms with Crippen LogP contribution in [-0.2, 0) is 33.9 Å². The molecule has 0 aliphatic carbocycles. The molecule has 4 amide bonds. The molecule has 1 heterocycles. The number of fused-ring (bicyclic) bond motifs is 1. The highest BCUT2D eigenvalue weighted by Gasteiger charge is 2.32. The minimum Gasteiger partial charge on any atom is -0.374 e. The number of rotatable bonds is 9. The number of amides is 4. The summed E-state index contributed by atoms with van der Waals surface area (Å²) in [6.07, 6.45) is 0.661. The number of hydrogen-bond donors (Lipinski definition) is 4. The number of carbonyl (C=O) groups excluding carboxylic acids is 3. The van der Waals surface area contributed by atoms with E-state index in [9.17, 15) is 14.4 Å². The topological polar surface area (TPSA) is 126 Å². The first kappa shape index (κ1) is 28.8. The van der Waals surface area contributed by atoms with Crippen LogP contribution in [0.4, 0.5) is 10.5 Å². The van der Waals surface area contributed by atoms with Gasteiger partial charge in [0.2, 0.25) is 11.8 Å². The Kier molecular flexibility index (Phi) is 9.19. The summed E-state index contributed by atoms with van der Waals surface area (Å²) in [7, 11) is 1.58. The molecule has 1 atom stereocenters. The first-order valence-corrected chi connectivity index (χ1v) is 13.4. The zero-order valence-corrected chi connectivity index (χ0v) is 23.2. The normalized spacial score (nSPS) is 13.7. The first-order chi connectivity index (χ1) is 19.2. The van der Waals surface area contributed by atoms with Crippen LogP contribution in [0.3, 0.4) is 0 Å². The van der Waals surface area contributed by atoms with Crippen molar-refractivity contribution in [1.29, 1.82) is 0 Å². The lowest BCUT2D eigenvalue weighted by Crippen LogP contribution is -2.58. The van der Waals surface area contributed by atoms with Gasteiger partial charge in [-0.1, -0.05) is 66.7 Å². The van der Waals surface area contributed by atoms with Crippen molar-refractivity contribution in [2.75, 3.05) is 25.5 Å². The largest absolute Gasteiger partial charge is 0.374 e. The number of anilines is 1. The Morgan fingerprint density at radius 3 is 2.45 bits per heavy atom. The van der Waals surface area contributed by atoms with Crippen LogP contribution in [0.1, 0.15) is 30.5 Å². The zero-order chi connectivity index (χ0) is 28.7. The number of para-hydroxylation sites is 1. The monoisotopic (exact) mass is 543 g/mol. The third kappa shape index (κ3) is 7.25. The fourth-order valence-electron chi connectivity index (χ4n) is 4.55. The lowest BCUT2D eigenvalue weighted by molar-refractivity contribution is -0.140. The Hall–Kier alpha value is -4.21. The summed E-state index contributed by atoms with van der Waals surface area (Å²) in [6, 6.07) is 22.3. The minimum absolute atomic E-state index is 0.0347. The average Bonchev–Trinajstić information content (AvgIpc) is 2.96. The van der Waals surface area contributed by atoms with Crippen molar-refractivity contribution in [3.8, 4) is 11.1 Å². The van der Waals surface area contributed by atoms with Crippen molar-refractivity contribution < 1.29 is 19.1 Å². The van der Waals surface area contributed by atoms with Gasteiger partial charge in [-0.15, -0.1) is 0 Å². The molecule has 0 saturated carbocycles. The highest BCUT2D eigenvalue weighted by atomic mass is 16.5. The van der Waals surface area contributed by atoms with Crippen LogP contribution >= 0.6 is 0 Å². The molecule has 0 saturated heterocycles. The third-order valence-corrected chi connectivity index (χ3v) is 6.83. The molecule has 9 heteroatoms. The number of hydrogen-bond acceptors (Lipinski definition) is 5. The predicted molar refractivity (Wildman–Crippen MR) is 155 cm³/mol. The number of carbonyl (C=O) groups is 3. The molecule has 210 valence electrons. The Morgan fingerprint density at radius 1 is 1.00 bits per heavy atom. The fraction of sp³-hybridized carbons (Fsp3) is 0.323. The Labute approximate surface area is 235 Å². The molecule has 0 fully saturated rings. The number of urea groups is 1. The lowest BCUT2D eigenvalue weighted by atomic mass is 9.93. The van der Waals surface area contributed by atoms with Crippen LogP contribution in [-0.4, -0.2) is 54.5 Å². The second-order valence-electron chi connectivity index (χ2n) is 10.5. The van der Waals surface area contributed by atoms with Gasteiger partial charge in [0.1, 0.15) is 6.04 Å². The van der Waals surface area contributed by atoms with E-state index < -0.39 is 17.5 Å². The average molecular weight is 544 g/mol. The summed E-state index contributed by atoms with van der Waals surface area (Å²) in [5.41, 5.74) is 10.6. The van der Waals surface area contributed by atoms with Gasteiger partial charge in [-0.3, -0.25) is 9.59 Å². The van der Waals surface area contributed by atoms with Crippen molar-refractivity contribution in [2.24, 2.45) is 5.73 Å². The molecule has 4 rings (SSSR count). The van der Waals surface area contributed by atoms with Gasteiger partial charge in [-0.25, -0.2) is 4.79 Å². The fourth-order valence-corrected chi connectivity index (χ4v) is 4.55. The van der Waals surface area contributed by atoms with E-state index in [-0.39, 0.29) is 18.5 Å². The van der Waals surface area contributed by atoms with Crippen LogP contribution in [0.15, 0.2) is 72.8 Å².